The van der Waals surface area contributed by atoms with Gasteiger partial charge in [0.1, 0.15) is 4.75 Å². The SMILES string of the molecule is CC(C)O[Si](C)(C)C[C@@H](N[S+]([O-])C(C)(C)C)C1CC1. The molecular weight excluding hydrogens is 274 g/mol. The lowest BCUT2D eigenvalue weighted by Gasteiger charge is -2.33. The Hall–Kier alpha value is 0.447. The van der Waals surface area contributed by atoms with Crippen molar-refractivity contribution in [2.24, 2.45) is 5.92 Å². The van der Waals surface area contributed by atoms with Crippen LogP contribution in [0.4, 0.5) is 0 Å². The van der Waals surface area contributed by atoms with Crippen molar-refractivity contribution in [3.05, 3.63) is 0 Å². The number of hydrogen-bond donors (Lipinski definition) is 1. The van der Waals surface area contributed by atoms with Crippen molar-refractivity contribution < 1.29 is 8.98 Å². The van der Waals surface area contributed by atoms with Gasteiger partial charge in [0, 0.05) is 17.5 Å². The van der Waals surface area contributed by atoms with Crippen LogP contribution < -0.4 is 4.72 Å². The first-order valence-electron chi connectivity index (χ1n) is 7.37. The Morgan fingerprint density at radius 2 is 1.84 bits per heavy atom. The van der Waals surface area contributed by atoms with Crippen molar-refractivity contribution in [1.82, 2.24) is 4.72 Å². The Morgan fingerprint density at radius 1 is 1.32 bits per heavy atom. The van der Waals surface area contributed by atoms with Crippen molar-refractivity contribution in [3.8, 4) is 0 Å². The lowest BCUT2D eigenvalue weighted by Crippen LogP contribution is -2.49. The second-order valence-corrected chi connectivity index (χ2v) is 13.7. The summed E-state index contributed by atoms with van der Waals surface area (Å²) < 4.78 is 21.6. The van der Waals surface area contributed by atoms with E-state index in [2.05, 4.69) is 31.7 Å². The van der Waals surface area contributed by atoms with Crippen LogP contribution in [0.5, 0.6) is 0 Å². The summed E-state index contributed by atoms with van der Waals surface area (Å²) in [4.78, 5) is 0. The first kappa shape index (κ1) is 17.5. The van der Waals surface area contributed by atoms with Crippen molar-refractivity contribution in [2.75, 3.05) is 0 Å². The minimum atomic E-state index is -1.68. The monoisotopic (exact) mass is 305 g/mol. The summed E-state index contributed by atoms with van der Waals surface area (Å²) in [6.45, 7) is 14.8. The van der Waals surface area contributed by atoms with Gasteiger partial charge in [-0.15, -0.1) is 4.72 Å². The van der Waals surface area contributed by atoms with Crippen LogP contribution in [-0.4, -0.2) is 29.8 Å². The van der Waals surface area contributed by atoms with E-state index in [4.69, 9.17) is 4.43 Å². The molecule has 0 spiro atoms. The lowest BCUT2D eigenvalue weighted by atomic mass is 10.2. The molecule has 0 aromatic carbocycles. The third-order valence-corrected chi connectivity index (χ3v) is 7.43. The quantitative estimate of drug-likeness (QED) is 0.579. The van der Waals surface area contributed by atoms with Gasteiger partial charge in [0.25, 0.3) is 0 Å². The van der Waals surface area contributed by atoms with Crippen LogP contribution in [0, 0.1) is 5.92 Å². The van der Waals surface area contributed by atoms with E-state index in [0.29, 0.717) is 12.0 Å². The molecule has 0 aromatic heterocycles. The highest BCUT2D eigenvalue weighted by Gasteiger charge is 2.41. The molecule has 1 fully saturated rings. The van der Waals surface area contributed by atoms with Gasteiger partial charge in [0.15, 0.2) is 8.32 Å². The predicted molar refractivity (Wildman–Crippen MR) is 86.1 cm³/mol. The molecule has 5 heteroatoms. The fourth-order valence-electron chi connectivity index (χ4n) is 2.33. The van der Waals surface area contributed by atoms with Crippen LogP contribution in [-0.2, 0) is 15.8 Å². The standard InChI is InChI=1S/C14H31NO2SSi/c1-11(2)17-19(6,7)10-13(12-8-9-12)15-18(16)14(3,4)5/h11-13,15H,8-10H2,1-7H3/t13-,18?/m1/s1. The second-order valence-electron chi connectivity index (χ2n) is 7.57. The van der Waals surface area contributed by atoms with Crippen LogP contribution in [0.15, 0.2) is 0 Å². The highest BCUT2D eigenvalue weighted by Crippen LogP contribution is 2.37. The van der Waals surface area contributed by atoms with Gasteiger partial charge < -0.3 is 8.98 Å². The van der Waals surface area contributed by atoms with E-state index in [0.717, 1.165) is 6.04 Å². The van der Waals surface area contributed by atoms with Crippen molar-refractivity contribution in [2.45, 2.75) is 83.5 Å². The van der Waals surface area contributed by atoms with E-state index in [1.54, 1.807) is 0 Å². The zero-order chi connectivity index (χ0) is 14.8. The molecule has 114 valence electrons. The lowest BCUT2D eigenvalue weighted by molar-refractivity contribution is 0.228. The maximum atomic E-state index is 12.3. The first-order valence-corrected chi connectivity index (χ1v) is 11.6. The van der Waals surface area contributed by atoms with Crippen LogP contribution in [0.3, 0.4) is 0 Å². The molecule has 1 aliphatic rings. The largest absolute Gasteiger partial charge is 0.598 e. The van der Waals surface area contributed by atoms with E-state index in [1.807, 2.05) is 20.8 Å². The summed E-state index contributed by atoms with van der Waals surface area (Å²) in [7, 11) is -1.68. The average molecular weight is 306 g/mol. The highest BCUT2D eigenvalue weighted by atomic mass is 32.2. The summed E-state index contributed by atoms with van der Waals surface area (Å²) in [6, 6.07) is 1.41. The Labute approximate surface area is 123 Å². The predicted octanol–water partition coefficient (Wildman–Crippen LogP) is 3.45. The van der Waals surface area contributed by atoms with Crippen LogP contribution in [0.25, 0.3) is 0 Å². The van der Waals surface area contributed by atoms with Crippen molar-refractivity contribution in [1.29, 1.82) is 0 Å². The molecule has 2 atom stereocenters. The molecule has 1 saturated carbocycles. The van der Waals surface area contributed by atoms with Gasteiger partial charge in [0.2, 0.25) is 0 Å². The highest BCUT2D eigenvalue weighted by molar-refractivity contribution is 7.90. The summed E-state index contributed by atoms with van der Waals surface area (Å²) in [5.41, 5.74) is 0. The minimum absolute atomic E-state index is 0.197. The molecule has 1 N–H and O–H groups in total. The Morgan fingerprint density at radius 3 is 2.21 bits per heavy atom. The van der Waals surface area contributed by atoms with Gasteiger partial charge >= 0.3 is 0 Å². The molecule has 1 unspecified atom stereocenters. The zero-order valence-electron chi connectivity index (χ0n) is 13.6. The van der Waals surface area contributed by atoms with Crippen LogP contribution >= 0.6 is 0 Å². The number of hydrogen-bond acceptors (Lipinski definition) is 3. The van der Waals surface area contributed by atoms with E-state index in [-0.39, 0.29) is 10.9 Å². The van der Waals surface area contributed by atoms with Crippen molar-refractivity contribution in [3.63, 3.8) is 0 Å². The van der Waals surface area contributed by atoms with Gasteiger partial charge in [-0.3, -0.25) is 0 Å². The first-order chi connectivity index (χ1) is 8.51. The Kier molecular flexibility index (Phi) is 5.96. The molecule has 0 bridgehead atoms. The fourth-order valence-corrected chi connectivity index (χ4v) is 6.25. The second kappa shape index (κ2) is 6.48. The van der Waals surface area contributed by atoms with Crippen LogP contribution in [0.2, 0.25) is 19.1 Å². The Bertz CT molecular complexity index is 288. The topological polar surface area (TPSA) is 44.3 Å². The third-order valence-electron chi connectivity index (χ3n) is 3.27. The molecule has 0 radical (unpaired) electrons. The van der Waals surface area contributed by atoms with E-state index in [9.17, 15) is 4.55 Å². The molecule has 0 saturated heterocycles. The molecule has 19 heavy (non-hydrogen) atoms. The van der Waals surface area contributed by atoms with E-state index in [1.165, 1.54) is 12.8 Å². The van der Waals surface area contributed by atoms with Gasteiger partial charge in [0.05, 0.1) is 6.04 Å². The molecule has 1 aliphatic carbocycles. The van der Waals surface area contributed by atoms with E-state index >= 15 is 0 Å². The average Bonchev–Trinajstić information content (AvgIpc) is 2.94. The zero-order valence-corrected chi connectivity index (χ0v) is 15.4. The molecule has 1 rings (SSSR count). The molecule has 0 amide bonds. The maximum absolute atomic E-state index is 12.3. The molecular formula is C14H31NO2SSi. The van der Waals surface area contributed by atoms with Gasteiger partial charge in [-0.25, -0.2) is 0 Å². The fraction of sp³-hybridized carbons (Fsp3) is 1.00. The minimum Gasteiger partial charge on any atom is -0.598 e. The summed E-state index contributed by atoms with van der Waals surface area (Å²) in [5, 5.41) is 0. The third kappa shape index (κ3) is 6.62. The summed E-state index contributed by atoms with van der Waals surface area (Å²) in [5.74, 6) is 0.703. The normalized spacial score (nSPS) is 20.7. The molecule has 0 aromatic rings. The number of nitrogens with one attached hydrogen (secondary N) is 1. The molecule has 3 nitrogen and oxygen atoms in total. The summed E-state index contributed by atoms with van der Waals surface area (Å²) >= 11 is -0.979. The van der Waals surface area contributed by atoms with Crippen molar-refractivity contribution >= 4 is 19.7 Å². The van der Waals surface area contributed by atoms with E-state index < -0.39 is 19.7 Å². The van der Waals surface area contributed by atoms with Gasteiger partial charge in [-0.05, 0) is 72.5 Å². The van der Waals surface area contributed by atoms with Gasteiger partial charge in [-0.2, -0.15) is 0 Å². The molecule has 0 aliphatic heterocycles. The van der Waals surface area contributed by atoms with Gasteiger partial charge in [-0.1, -0.05) is 0 Å². The number of rotatable bonds is 7. The smallest absolute Gasteiger partial charge is 0.188 e. The maximum Gasteiger partial charge on any atom is 0.188 e. The summed E-state index contributed by atoms with van der Waals surface area (Å²) in [6.07, 6.45) is 2.82. The molecule has 0 heterocycles. The Balaban J connectivity index is 2.58. The van der Waals surface area contributed by atoms with Crippen LogP contribution in [0.1, 0.15) is 47.5 Å².